The van der Waals surface area contributed by atoms with Crippen LogP contribution < -0.4 is 5.32 Å². The molecular formula is C17H36N2. The molecule has 1 N–H and O–H groups in total. The second kappa shape index (κ2) is 9.77. The molecule has 1 aliphatic carbocycles. The molecule has 0 aromatic carbocycles. The molecule has 2 heteroatoms. The zero-order chi connectivity index (χ0) is 14.1. The van der Waals surface area contributed by atoms with Gasteiger partial charge in [-0.1, -0.05) is 33.6 Å². The predicted octanol–water partition coefficient (Wildman–Crippen LogP) is 4.06. The van der Waals surface area contributed by atoms with E-state index in [1.54, 1.807) is 0 Å². The maximum Gasteiger partial charge on any atom is 0.0107 e. The highest BCUT2D eigenvalue weighted by Crippen LogP contribution is 2.27. The van der Waals surface area contributed by atoms with Crippen LogP contribution in [0.25, 0.3) is 0 Å². The van der Waals surface area contributed by atoms with Crippen LogP contribution >= 0.6 is 0 Å². The van der Waals surface area contributed by atoms with E-state index in [1.165, 1.54) is 64.6 Å². The molecule has 0 aromatic heterocycles. The van der Waals surface area contributed by atoms with E-state index in [9.17, 15) is 0 Å². The van der Waals surface area contributed by atoms with Gasteiger partial charge in [0.05, 0.1) is 0 Å². The van der Waals surface area contributed by atoms with Gasteiger partial charge in [-0.15, -0.1) is 0 Å². The third-order valence-corrected chi connectivity index (χ3v) is 4.80. The predicted molar refractivity (Wildman–Crippen MR) is 85.7 cm³/mol. The first-order chi connectivity index (χ1) is 9.22. The van der Waals surface area contributed by atoms with Crippen molar-refractivity contribution in [2.24, 2.45) is 5.92 Å². The summed E-state index contributed by atoms with van der Waals surface area (Å²) in [6, 6.07) is 1.53. The Morgan fingerprint density at radius 1 is 1.16 bits per heavy atom. The van der Waals surface area contributed by atoms with E-state index in [0.29, 0.717) is 0 Å². The average molecular weight is 268 g/mol. The van der Waals surface area contributed by atoms with Gasteiger partial charge in [-0.3, -0.25) is 0 Å². The normalized spacial score (nSPS) is 25.1. The molecule has 0 amide bonds. The molecule has 0 aromatic rings. The first kappa shape index (κ1) is 17.0. The first-order valence-corrected chi connectivity index (χ1v) is 8.70. The highest BCUT2D eigenvalue weighted by atomic mass is 15.2. The van der Waals surface area contributed by atoms with Crippen LogP contribution in [0.1, 0.15) is 72.6 Å². The van der Waals surface area contributed by atoms with Crippen molar-refractivity contribution in [3.8, 4) is 0 Å². The molecule has 1 aliphatic rings. The fourth-order valence-corrected chi connectivity index (χ4v) is 3.27. The largest absolute Gasteiger partial charge is 0.314 e. The van der Waals surface area contributed by atoms with Crippen LogP contribution in [-0.2, 0) is 0 Å². The van der Waals surface area contributed by atoms with Gasteiger partial charge in [0, 0.05) is 18.6 Å². The first-order valence-electron chi connectivity index (χ1n) is 8.70. The maximum atomic E-state index is 3.77. The van der Waals surface area contributed by atoms with Crippen LogP contribution in [0.15, 0.2) is 0 Å². The number of unbranched alkanes of at least 4 members (excludes halogenated alkanes) is 1. The lowest BCUT2D eigenvalue weighted by atomic mass is 10.0. The lowest BCUT2D eigenvalue weighted by Gasteiger charge is -2.33. The van der Waals surface area contributed by atoms with Crippen LogP contribution in [0.4, 0.5) is 0 Å². The summed E-state index contributed by atoms with van der Waals surface area (Å²) in [6.07, 6.45) is 9.46. The maximum absolute atomic E-state index is 3.77. The van der Waals surface area contributed by atoms with Gasteiger partial charge in [0.15, 0.2) is 0 Å². The number of nitrogens with zero attached hydrogens (tertiary/aromatic N) is 1. The second-order valence-electron chi connectivity index (χ2n) is 6.36. The summed E-state index contributed by atoms with van der Waals surface area (Å²) < 4.78 is 0. The topological polar surface area (TPSA) is 15.3 Å². The molecule has 2 nitrogen and oxygen atoms in total. The van der Waals surface area contributed by atoms with Gasteiger partial charge in [-0.05, 0) is 58.0 Å². The number of hydrogen-bond donors (Lipinski definition) is 1. The fourth-order valence-electron chi connectivity index (χ4n) is 3.27. The van der Waals surface area contributed by atoms with Gasteiger partial charge < -0.3 is 10.2 Å². The summed E-state index contributed by atoms with van der Waals surface area (Å²) >= 11 is 0. The minimum absolute atomic E-state index is 0.749. The van der Waals surface area contributed by atoms with Crippen molar-refractivity contribution in [1.29, 1.82) is 0 Å². The minimum Gasteiger partial charge on any atom is -0.314 e. The smallest absolute Gasteiger partial charge is 0.0107 e. The summed E-state index contributed by atoms with van der Waals surface area (Å²) in [7, 11) is 0. The van der Waals surface area contributed by atoms with E-state index in [-0.39, 0.29) is 0 Å². The van der Waals surface area contributed by atoms with Crippen molar-refractivity contribution in [3.63, 3.8) is 0 Å². The van der Waals surface area contributed by atoms with Crippen LogP contribution in [0.3, 0.4) is 0 Å². The van der Waals surface area contributed by atoms with Crippen LogP contribution in [0.5, 0.6) is 0 Å². The lowest BCUT2D eigenvalue weighted by Crippen LogP contribution is -2.43. The van der Waals surface area contributed by atoms with Gasteiger partial charge in [-0.25, -0.2) is 0 Å². The summed E-state index contributed by atoms with van der Waals surface area (Å²) in [6.45, 7) is 13.1. The van der Waals surface area contributed by atoms with Gasteiger partial charge in [0.1, 0.15) is 0 Å². The number of hydrogen-bond acceptors (Lipinski definition) is 2. The minimum atomic E-state index is 0.749. The Morgan fingerprint density at radius 3 is 2.58 bits per heavy atom. The van der Waals surface area contributed by atoms with Gasteiger partial charge in [0.25, 0.3) is 0 Å². The summed E-state index contributed by atoms with van der Waals surface area (Å²) in [5, 5.41) is 3.77. The standard InChI is InChI=1S/C17H36N2/c1-5-8-13-19(15(4)7-3)14-16-10-9-11-17(16)18-12-6-2/h15-18H,5-14H2,1-4H3. The molecule has 3 unspecified atom stereocenters. The van der Waals surface area contributed by atoms with E-state index >= 15 is 0 Å². The fraction of sp³-hybridized carbons (Fsp3) is 1.00. The molecule has 0 radical (unpaired) electrons. The SMILES string of the molecule is CCCCN(CC1CCCC1NCCC)C(C)CC. The Labute approximate surface area is 121 Å². The summed E-state index contributed by atoms with van der Waals surface area (Å²) in [5.41, 5.74) is 0. The molecule has 1 rings (SSSR count). The van der Waals surface area contributed by atoms with Crippen LogP contribution in [-0.4, -0.2) is 36.6 Å². The third kappa shape index (κ3) is 5.83. The quantitative estimate of drug-likeness (QED) is 0.643. The molecular weight excluding hydrogens is 232 g/mol. The average Bonchev–Trinajstić information content (AvgIpc) is 2.87. The molecule has 3 atom stereocenters. The Morgan fingerprint density at radius 2 is 1.95 bits per heavy atom. The van der Waals surface area contributed by atoms with Crippen molar-refractivity contribution in [1.82, 2.24) is 10.2 Å². The highest BCUT2D eigenvalue weighted by molar-refractivity contribution is 4.86. The highest BCUT2D eigenvalue weighted by Gasteiger charge is 2.29. The summed E-state index contributed by atoms with van der Waals surface area (Å²) in [5.74, 6) is 0.886. The van der Waals surface area contributed by atoms with E-state index in [1.807, 2.05) is 0 Å². The van der Waals surface area contributed by atoms with E-state index in [2.05, 4.69) is 37.9 Å². The van der Waals surface area contributed by atoms with Crippen molar-refractivity contribution in [2.75, 3.05) is 19.6 Å². The molecule has 1 fully saturated rings. The van der Waals surface area contributed by atoms with Gasteiger partial charge >= 0.3 is 0 Å². The van der Waals surface area contributed by atoms with Crippen molar-refractivity contribution in [3.05, 3.63) is 0 Å². The van der Waals surface area contributed by atoms with E-state index in [4.69, 9.17) is 0 Å². The van der Waals surface area contributed by atoms with Gasteiger partial charge in [-0.2, -0.15) is 0 Å². The Bertz CT molecular complexity index is 217. The second-order valence-corrected chi connectivity index (χ2v) is 6.36. The Balaban J connectivity index is 2.46. The molecule has 114 valence electrons. The molecule has 0 spiro atoms. The van der Waals surface area contributed by atoms with E-state index < -0.39 is 0 Å². The number of nitrogens with one attached hydrogen (secondary N) is 1. The molecule has 0 bridgehead atoms. The molecule has 1 saturated carbocycles. The third-order valence-electron chi connectivity index (χ3n) is 4.80. The lowest BCUT2D eigenvalue weighted by molar-refractivity contribution is 0.160. The number of rotatable bonds is 10. The monoisotopic (exact) mass is 268 g/mol. The molecule has 0 heterocycles. The Kier molecular flexibility index (Phi) is 8.72. The van der Waals surface area contributed by atoms with Crippen LogP contribution in [0, 0.1) is 5.92 Å². The molecule has 0 aliphatic heterocycles. The summed E-state index contributed by atoms with van der Waals surface area (Å²) in [4.78, 5) is 2.75. The zero-order valence-electron chi connectivity index (χ0n) is 13.8. The van der Waals surface area contributed by atoms with Crippen LogP contribution in [0.2, 0.25) is 0 Å². The van der Waals surface area contributed by atoms with Gasteiger partial charge in [0.2, 0.25) is 0 Å². The van der Waals surface area contributed by atoms with E-state index in [0.717, 1.165) is 18.0 Å². The van der Waals surface area contributed by atoms with Crippen molar-refractivity contribution < 1.29 is 0 Å². The molecule has 19 heavy (non-hydrogen) atoms. The van der Waals surface area contributed by atoms with Crippen molar-refractivity contribution in [2.45, 2.75) is 84.7 Å². The Hall–Kier alpha value is -0.0800. The zero-order valence-corrected chi connectivity index (χ0v) is 13.8. The molecule has 0 saturated heterocycles. The van der Waals surface area contributed by atoms with Crippen molar-refractivity contribution >= 4 is 0 Å².